The number of hydrogen-bond donors (Lipinski definition) is 1. The van der Waals surface area contributed by atoms with E-state index in [1.54, 1.807) is 10.9 Å². The monoisotopic (exact) mass is 267 g/mol. The Morgan fingerprint density at radius 3 is 2.60 bits per heavy atom. The van der Waals surface area contributed by atoms with Crippen LogP contribution in [0.5, 0.6) is 11.5 Å². The van der Waals surface area contributed by atoms with E-state index in [1.165, 1.54) is 0 Å². The van der Waals surface area contributed by atoms with E-state index in [0.29, 0.717) is 11.6 Å². The Morgan fingerprint density at radius 1 is 1.00 bits per heavy atom. The molecule has 0 spiro atoms. The molecule has 20 heavy (non-hydrogen) atoms. The molecular weight excluding hydrogens is 254 g/mol. The molecule has 0 aliphatic heterocycles. The molecule has 2 aromatic carbocycles. The number of nitrogens with zero attached hydrogens (tertiary/aromatic N) is 3. The standard InChI is InChI=1S/C15H13N3O2/c19-10-15-17-16-11-18(15)12-5-4-8-14(9-12)20-13-6-2-1-3-7-13/h1-9,11,19H,10H2. The minimum absolute atomic E-state index is 0.163. The molecule has 5 heteroatoms. The van der Waals surface area contributed by atoms with Gasteiger partial charge < -0.3 is 9.84 Å². The van der Waals surface area contributed by atoms with Crippen LogP contribution in [0.1, 0.15) is 5.82 Å². The molecule has 0 atom stereocenters. The summed E-state index contributed by atoms with van der Waals surface area (Å²) in [7, 11) is 0. The zero-order chi connectivity index (χ0) is 13.8. The molecule has 0 bridgehead atoms. The molecule has 0 aliphatic carbocycles. The van der Waals surface area contributed by atoms with Crippen molar-refractivity contribution in [2.75, 3.05) is 0 Å². The molecule has 0 aliphatic rings. The van der Waals surface area contributed by atoms with E-state index < -0.39 is 0 Å². The molecule has 0 saturated heterocycles. The SMILES string of the molecule is OCc1nncn1-c1cccc(Oc2ccccc2)c1. The lowest BCUT2D eigenvalue weighted by atomic mass is 10.3. The highest BCUT2D eigenvalue weighted by Crippen LogP contribution is 2.23. The lowest BCUT2D eigenvalue weighted by Crippen LogP contribution is -2.00. The van der Waals surface area contributed by atoms with Crippen LogP contribution in [-0.2, 0) is 6.61 Å². The summed E-state index contributed by atoms with van der Waals surface area (Å²) in [6.07, 6.45) is 1.56. The fourth-order valence-electron chi connectivity index (χ4n) is 1.90. The Hall–Kier alpha value is -2.66. The van der Waals surface area contributed by atoms with Gasteiger partial charge >= 0.3 is 0 Å². The van der Waals surface area contributed by atoms with Gasteiger partial charge in [0.15, 0.2) is 5.82 Å². The number of benzene rings is 2. The van der Waals surface area contributed by atoms with Crippen molar-refractivity contribution in [3.8, 4) is 17.2 Å². The van der Waals surface area contributed by atoms with Crippen LogP contribution < -0.4 is 4.74 Å². The molecule has 3 aromatic rings. The van der Waals surface area contributed by atoms with Crippen molar-refractivity contribution in [1.82, 2.24) is 14.8 Å². The molecule has 0 saturated carbocycles. The van der Waals surface area contributed by atoms with Crippen LogP contribution in [0.25, 0.3) is 5.69 Å². The second-order valence-electron chi connectivity index (χ2n) is 4.19. The van der Waals surface area contributed by atoms with E-state index in [0.717, 1.165) is 11.4 Å². The Balaban J connectivity index is 1.90. The highest BCUT2D eigenvalue weighted by atomic mass is 16.5. The summed E-state index contributed by atoms with van der Waals surface area (Å²) in [6.45, 7) is -0.163. The summed E-state index contributed by atoms with van der Waals surface area (Å²) < 4.78 is 7.49. The van der Waals surface area contributed by atoms with Crippen molar-refractivity contribution in [2.24, 2.45) is 0 Å². The van der Waals surface area contributed by atoms with Crippen LogP contribution in [-0.4, -0.2) is 19.9 Å². The number of rotatable bonds is 4. The number of aromatic nitrogens is 3. The van der Waals surface area contributed by atoms with Gasteiger partial charge in [0.2, 0.25) is 0 Å². The molecule has 3 rings (SSSR count). The third kappa shape index (κ3) is 2.53. The molecule has 1 N–H and O–H groups in total. The fraction of sp³-hybridized carbons (Fsp3) is 0.0667. The van der Waals surface area contributed by atoms with Gasteiger partial charge in [0.1, 0.15) is 24.4 Å². The molecular formula is C15H13N3O2. The number of ether oxygens (including phenoxy) is 1. The van der Waals surface area contributed by atoms with Crippen LogP contribution in [0.4, 0.5) is 0 Å². The van der Waals surface area contributed by atoms with Crippen molar-refractivity contribution in [2.45, 2.75) is 6.61 Å². The second kappa shape index (κ2) is 5.54. The Bertz CT molecular complexity index is 695. The summed E-state index contributed by atoms with van der Waals surface area (Å²) in [5, 5.41) is 16.9. The minimum Gasteiger partial charge on any atom is -0.457 e. The average Bonchev–Trinajstić information content (AvgIpc) is 2.97. The van der Waals surface area contributed by atoms with E-state index in [2.05, 4.69) is 10.2 Å². The van der Waals surface area contributed by atoms with Gasteiger partial charge in [-0.3, -0.25) is 4.57 Å². The molecule has 0 unspecified atom stereocenters. The number of aliphatic hydroxyl groups excluding tert-OH is 1. The Morgan fingerprint density at radius 2 is 1.80 bits per heavy atom. The first kappa shape index (κ1) is 12.4. The first-order valence-corrected chi connectivity index (χ1v) is 6.20. The first-order chi connectivity index (χ1) is 9.86. The number of para-hydroxylation sites is 1. The van der Waals surface area contributed by atoms with Crippen LogP contribution in [0.2, 0.25) is 0 Å². The van der Waals surface area contributed by atoms with E-state index >= 15 is 0 Å². The maximum Gasteiger partial charge on any atom is 0.163 e. The zero-order valence-electron chi connectivity index (χ0n) is 10.7. The molecule has 5 nitrogen and oxygen atoms in total. The Labute approximate surface area is 116 Å². The van der Waals surface area contributed by atoms with Crippen molar-refractivity contribution in [3.63, 3.8) is 0 Å². The van der Waals surface area contributed by atoms with E-state index in [-0.39, 0.29) is 6.61 Å². The molecule has 1 heterocycles. The van der Waals surface area contributed by atoms with Gasteiger partial charge in [-0.2, -0.15) is 0 Å². The largest absolute Gasteiger partial charge is 0.457 e. The van der Waals surface area contributed by atoms with Gasteiger partial charge in [0.25, 0.3) is 0 Å². The van der Waals surface area contributed by atoms with Crippen molar-refractivity contribution in [3.05, 3.63) is 66.7 Å². The van der Waals surface area contributed by atoms with Gasteiger partial charge in [-0.1, -0.05) is 24.3 Å². The number of hydrogen-bond acceptors (Lipinski definition) is 4. The van der Waals surface area contributed by atoms with Crippen LogP contribution in [0.3, 0.4) is 0 Å². The lowest BCUT2D eigenvalue weighted by molar-refractivity contribution is 0.269. The van der Waals surface area contributed by atoms with Gasteiger partial charge in [-0.05, 0) is 24.3 Å². The summed E-state index contributed by atoms with van der Waals surface area (Å²) >= 11 is 0. The second-order valence-corrected chi connectivity index (χ2v) is 4.19. The Kier molecular flexibility index (Phi) is 3.43. The maximum absolute atomic E-state index is 9.22. The molecule has 1 aromatic heterocycles. The van der Waals surface area contributed by atoms with E-state index in [1.807, 2.05) is 54.6 Å². The molecule has 0 fully saturated rings. The normalized spacial score (nSPS) is 10.4. The lowest BCUT2D eigenvalue weighted by Gasteiger charge is -2.09. The minimum atomic E-state index is -0.163. The highest BCUT2D eigenvalue weighted by molar-refractivity contribution is 5.41. The summed E-state index contributed by atoms with van der Waals surface area (Å²) in [6, 6.07) is 17.1. The van der Waals surface area contributed by atoms with Crippen LogP contribution in [0, 0.1) is 0 Å². The summed E-state index contributed by atoms with van der Waals surface area (Å²) in [5.41, 5.74) is 0.840. The van der Waals surface area contributed by atoms with E-state index in [9.17, 15) is 5.11 Å². The fourth-order valence-corrected chi connectivity index (χ4v) is 1.90. The predicted octanol–water partition coefficient (Wildman–Crippen LogP) is 2.55. The molecule has 0 radical (unpaired) electrons. The van der Waals surface area contributed by atoms with Gasteiger partial charge in [-0.15, -0.1) is 10.2 Å². The average molecular weight is 267 g/mol. The van der Waals surface area contributed by atoms with Crippen molar-refractivity contribution in [1.29, 1.82) is 0 Å². The maximum atomic E-state index is 9.22. The highest BCUT2D eigenvalue weighted by Gasteiger charge is 2.06. The van der Waals surface area contributed by atoms with Crippen molar-refractivity contribution >= 4 is 0 Å². The van der Waals surface area contributed by atoms with Crippen LogP contribution >= 0.6 is 0 Å². The topological polar surface area (TPSA) is 60.2 Å². The van der Waals surface area contributed by atoms with Gasteiger partial charge in [0.05, 0.1) is 5.69 Å². The third-order valence-electron chi connectivity index (χ3n) is 2.83. The van der Waals surface area contributed by atoms with Gasteiger partial charge in [0, 0.05) is 6.07 Å². The zero-order valence-corrected chi connectivity index (χ0v) is 10.7. The number of aliphatic hydroxyl groups is 1. The van der Waals surface area contributed by atoms with Crippen molar-refractivity contribution < 1.29 is 9.84 Å². The van der Waals surface area contributed by atoms with E-state index in [4.69, 9.17) is 4.74 Å². The first-order valence-electron chi connectivity index (χ1n) is 6.20. The smallest absolute Gasteiger partial charge is 0.163 e. The predicted molar refractivity (Wildman–Crippen MR) is 73.8 cm³/mol. The summed E-state index contributed by atoms with van der Waals surface area (Å²) in [4.78, 5) is 0. The summed E-state index contributed by atoms with van der Waals surface area (Å²) in [5.74, 6) is 1.98. The third-order valence-corrected chi connectivity index (χ3v) is 2.83. The van der Waals surface area contributed by atoms with Gasteiger partial charge in [-0.25, -0.2) is 0 Å². The molecule has 100 valence electrons. The molecule has 0 amide bonds. The van der Waals surface area contributed by atoms with Crippen LogP contribution in [0.15, 0.2) is 60.9 Å². The quantitative estimate of drug-likeness (QED) is 0.789.